The summed E-state index contributed by atoms with van der Waals surface area (Å²) in [4.78, 5) is 48.7. The molecule has 0 spiro atoms. The molecule has 0 fully saturated rings. The number of nitrogens with two attached hydrogens (primary N) is 1. The first kappa shape index (κ1) is 26.1. The number of ether oxygens (including phenoxy) is 2. The van der Waals surface area contributed by atoms with Gasteiger partial charge in [0.25, 0.3) is 5.91 Å². The second kappa shape index (κ2) is 10.0. The number of ketones is 1. The first-order chi connectivity index (χ1) is 16.3. The average Bonchev–Trinajstić information content (AvgIpc) is 2.76. The van der Waals surface area contributed by atoms with Gasteiger partial charge in [-0.25, -0.2) is 4.39 Å². The van der Waals surface area contributed by atoms with E-state index in [1.54, 1.807) is 26.0 Å². The molecule has 0 aromatic heterocycles. The molecule has 3 atom stereocenters. The number of carbonyl (C=O) groups excluding carboxylic acids is 3. The Kier molecular flexibility index (Phi) is 7.47. The first-order valence-corrected chi connectivity index (χ1v) is 11.0. The number of esters is 1. The third-order valence-electron chi connectivity index (χ3n) is 5.52. The summed E-state index contributed by atoms with van der Waals surface area (Å²) in [5, 5.41) is 11.4. The van der Waals surface area contributed by atoms with Crippen LogP contribution in [0.1, 0.15) is 59.5 Å². The van der Waals surface area contributed by atoms with E-state index in [9.17, 15) is 23.6 Å². The van der Waals surface area contributed by atoms with Crippen molar-refractivity contribution in [1.82, 2.24) is 5.32 Å². The van der Waals surface area contributed by atoms with E-state index in [2.05, 4.69) is 5.32 Å². The highest BCUT2D eigenvalue weighted by molar-refractivity contribution is 6.31. The SMILES string of the molecule is CC(=O)c1ccc2c(c1)[C@H](NC(=O)c1ccc(F)c(Cl)c1)[C@H](OC(=O)[C@@H](N)CC(=O)O)C(C)(C)O2. The van der Waals surface area contributed by atoms with Crippen molar-refractivity contribution in [2.45, 2.75) is 51.0 Å². The maximum Gasteiger partial charge on any atom is 0.324 e. The predicted octanol–water partition coefficient (Wildman–Crippen LogP) is 3.04. The molecule has 35 heavy (non-hydrogen) atoms. The highest BCUT2D eigenvalue weighted by Crippen LogP contribution is 2.42. The van der Waals surface area contributed by atoms with E-state index < -0.39 is 53.9 Å². The number of Topliss-reactive ketones (excluding diaryl/α,β-unsaturated/α-hetero) is 1. The van der Waals surface area contributed by atoms with Gasteiger partial charge in [-0.3, -0.25) is 19.2 Å². The number of fused-ring (bicyclic) bond motifs is 1. The Labute approximate surface area is 205 Å². The van der Waals surface area contributed by atoms with Crippen LogP contribution in [0.5, 0.6) is 5.75 Å². The number of carboxylic acid groups (broad SMARTS) is 1. The Morgan fingerprint density at radius 1 is 1.20 bits per heavy atom. The normalized spacial score (nSPS) is 19.0. The number of hydrogen-bond donors (Lipinski definition) is 3. The van der Waals surface area contributed by atoms with Crippen LogP contribution in [0.2, 0.25) is 5.02 Å². The smallest absolute Gasteiger partial charge is 0.324 e. The summed E-state index contributed by atoms with van der Waals surface area (Å²) >= 11 is 5.81. The number of amides is 1. The lowest BCUT2D eigenvalue weighted by Gasteiger charge is -2.44. The summed E-state index contributed by atoms with van der Waals surface area (Å²) in [6.07, 6.45) is -1.84. The van der Waals surface area contributed by atoms with Crippen molar-refractivity contribution in [2.24, 2.45) is 5.73 Å². The summed E-state index contributed by atoms with van der Waals surface area (Å²) in [6, 6.07) is 5.56. The molecule has 1 heterocycles. The number of nitrogens with one attached hydrogen (secondary N) is 1. The maximum atomic E-state index is 13.6. The lowest BCUT2D eigenvalue weighted by Crippen LogP contribution is -2.56. The number of hydrogen-bond acceptors (Lipinski definition) is 7. The van der Waals surface area contributed by atoms with Gasteiger partial charge in [0.1, 0.15) is 23.2 Å². The Hall–Kier alpha value is -3.50. The number of rotatable bonds is 7. The van der Waals surface area contributed by atoms with Crippen molar-refractivity contribution >= 4 is 35.2 Å². The van der Waals surface area contributed by atoms with Crippen molar-refractivity contribution in [3.05, 3.63) is 63.9 Å². The monoisotopic (exact) mass is 506 g/mol. The molecule has 0 saturated carbocycles. The number of aliphatic carboxylic acids is 1. The highest BCUT2D eigenvalue weighted by Gasteiger charge is 2.48. The zero-order chi connectivity index (χ0) is 26.1. The molecule has 4 N–H and O–H groups in total. The van der Waals surface area contributed by atoms with Crippen LogP contribution in [0.15, 0.2) is 36.4 Å². The molecule has 0 radical (unpaired) electrons. The maximum absolute atomic E-state index is 13.6. The molecular formula is C24H24ClFN2O7. The second-order valence-corrected chi connectivity index (χ2v) is 9.06. The Morgan fingerprint density at radius 3 is 2.46 bits per heavy atom. The van der Waals surface area contributed by atoms with Crippen molar-refractivity contribution in [3.63, 3.8) is 0 Å². The lowest BCUT2D eigenvalue weighted by molar-refractivity contribution is -0.168. The fourth-order valence-corrected chi connectivity index (χ4v) is 3.90. The lowest BCUT2D eigenvalue weighted by atomic mass is 9.85. The minimum absolute atomic E-state index is 0.0395. The van der Waals surface area contributed by atoms with Crippen LogP contribution >= 0.6 is 11.6 Å². The van der Waals surface area contributed by atoms with E-state index in [1.165, 1.54) is 19.1 Å². The van der Waals surface area contributed by atoms with Crippen molar-refractivity contribution in [3.8, 4) is 5.75 Å². The standard InChI is InChI=1S/C24H24ClFN2O7/c1-11(29)12-5-7-18-14(8-12)20(28-22(32)13-4-6-16(26)15(25)9-13)21(24(2,3)35-18)34-23(33)17(27)10-19(30)31/h4-9,17,20-21H,10,27H2,1-3H3,(H,28,32)(H,30,31)/t17-,20-,21-/m0/s1. The second-order valence-electron chi connectivity index (χ2n) is 8.66. The van der Waals surface area contributed by atoms with Crippen LogP contribution < -0.4 is 15.8 Å². The number of carbonyl (C=O) groups is 4. The van der Waals surface area contributed by atoms with Gasteiger partial charge in [-0.15, -0.1) is 0 Å². The fourth-order valence-electron chi connectivity index (χ4n) is 3.72. The third kappa shape index (κ3) is 5.77. The van der Waals surface area contributed by atoms with Crippen LogP contribution in [0.3, 0.4) is 0 Å². The third-order valence-corrected chi connectivity index (χ3v) is 5.81. The largest absolute Gasteiger partial charge is 0.484 e. The first-order valence-electron chi connectivity index (χ1n) is 10.6. The molecule has 0 unspecified atom stereocenters. The van der Waals surface area contributed by atoms with Gasteiger partial charge in [-0.05, 0) is 57.2 Å². The highest BCUT2D eigenvalue weighted by atomic mass is 35.5. The molecule has 1 amide bonds. The molecule has 0 saturated heterocycles. The van der Waals surface area contributed by atoms with Gasteiger partial charge in [-0.2, -0.15) is 0 Å². The van der Waals surface area contributed by atoms with Crippen molar-refractivity contribution in [2.75, 3.05) is 0 Å². The van der Waals surface area contributed by atoms with Crippen LogP contribution in [-0.2, 0) is 14.3 Å². The molecule has 0 aliphatic carbocycles. The van der Waals surface area contributed by atoms with E-state index in [1.807, 2.05) is 0 Å². The average molecular weight is 507 g/mol. The summed E-state index contributed by atoms with van der Waals surface area (Å²) in [5.74, 6) is -3.57. The predicted molar refractivity (Wildman–Crippen MR) is 123 cm³/mol. The van der Waals surface area contributed by atoms with E-state index >= 15 is 0 Å². The Morgan fingerprint density at radius 2 is 1.86 bits per heavy atom. The molecule has 9 nitrogen and oxygen atoms in total. The summed E-state index contributed by atoms with van der Waals surface area (Å²) in [7, 11) is 0. The Bertz CT molecular complexity index is 1200. The molecule has 1 aliphatic rings. The minimum Gasteiger partial charge on any atom is -0.484 e. The molecule has 1 aliphatic heterocycles. The Balaban J connectivity index is 2.04. The van der Waals surface area contributed by atoms with Crippen LogP contribution in [0.25, 0.3) is 0 Å². The molecule has 2 aromatic rings. The fraction of sp³-hybridized carbons (Fsp3) is 0.333. The van der Waals surface area contributed by atoms with E-state index in [0.29, 0.717) is 16.9 Å². The van der Waals surface area contributed by atoms with Crippen molar-refractivity contribution < 1.29 is 38.1 Å². The molecule has 186 valence electrons. The molecule has 0 bridgehead atoms. The molecule has 11 heteroatoms. The van der Waals surface area contributed by atoms with E-state index in [-0.39, 0.29) is 16.4 Å². The van der Waals surface area contributed by atoms with Crippen LogP contribution in [0, 0.1) is 5.82 Å². The van der Waals surface area contributed by atoms with Gasteiger partial charge in [-0.1, -0.05) is 11.6 Å². The van der Waals surface area contributed by atoms with Gasteiger partial charge in [0.2, 0.25) is 0 Å². The number of halogens is 2. The number of benzene rings is 2. The topological polar surface area (TPSA) is 145 Å². The van der Waals surface area contributed by atoms with E-state index in [4.69, 9.17) is 31.9 Å². The van der Waals surface area contributed by atoms with Gasteiger partial charge in [0.05, 0.1) is 17.5 Å². The van der Waals surface area contributed by atoms with Crippen LogP contribution in [0.4, 0.5) is 4.39 Å². The van der Waals surface area contributed by atoms with Gasteiger partial charge in [0, 0.05) is 16.7 Å². The number of carboxylic acids is 1. The summed E-state index contributed by atoms with van der Waals surface area (Å²) < 4.78 is 25.2. The quantitative estimate of drug-likeness (QED) is 0.384. The van der Waals surface area contributed by atoms with Crippen LogP contribution in [-0.4, -0.2) is 46.5 Å². The van der Waals surface area contributed by atoms with Gasteiger partial charge in [0.15, 0.2) is 11.9 Å². The van der Waals surface area contributed by atoms with Gasteiger partial charge >= 0.3 is 11.9 Å². The molecular weight excluding hydrogens is 483 g/mol. The van der Waals surface area contributed by atoms with Crippen molar-refractivity contribution in [1.29, 1.82) is 0 Å². The minimum atomic E-state index is -1.46. The van der Waals surface area contributed by atoms with E-state index in [0.717, 1.165) is 12.1 Å². The zero-order valence-electron chi connectivity index (χ0n) is 19.1. The summed E-state index contributed by atoms with van der Waals surface area (Å²) in [5.41, 5.74) is 5.18. The molecule has 2 aromatic carbocycles. The molecule has 3 rings (SSSR count). The summed E-state index contributed by atoms with van der Waals surface area (Å²) in [6.45, 7) is 4.60. The van der Waals surface area contributed by atoms with Gasteiger partial charge < -0.3 is 25.6 Å². The zero-order valence-corrected chi connectivity index (χ0v) is 19.9.